The number of rotatable bonds is 6. The van der Waals surface area contributed by atoms with Crippen molar-refractivity contribution in [2.45, 2.75) is 32.7 Å². The fraction of sp³-hybridized carbons (Fsp3) is 0.500. The summed E-state index contributed by atoms with van der Waals surface area (Å²) in [6, 6.07) is 6.16. The van der Waals surface area contributed by atoms with E-state index in [4.69, 9.17) is 9.47 Å². The molecule has 5 nitrogen and oxygen atoms in total. The molecule has 0 radical (unpaired) electrons. The first-order valence-corrected chi connectivity index (χ1v) is 8.34. The Labute approximate surface area is 136 Å². The quantitative estimate of drug-likeness (QED) is 0.888. The van der Waals surface area contributed by atoms with Crippen LogP contribution in [0.25, 0.3) is 10.9 Å². The third-order valence-electron chi connectivity index (χ3n) is 4.28. The molecule has 2 heterocycles. The molecule has 0 saturated carbocycles. The molecule has 0 aliphatic carbocycles. The van der Waals surface area contributed by atoms with Crippen LogP contribution in [0.1, 0.15) is 26.7 Å². The fourth-order valence-corrected chi connectivity index (χ4v) is 3.27. The van der Waals surface area contributed by atoms with Gasteiger partial charge in [-0.05, 0) is 38.8 Å². The van der Waals surface area contributed by atoms with E-state index in [2.05, 4.69) is 9.88 Å². The van der Waals surface area contributed by atoms with E-state index in [1.807, 2.05) is 38.2 Å². The van der Waals surface area contributed by atoms with Gasteiger partial charge in [0.2, 0.25) is 0 Å². The Bertz CT molecular complexity index is 675. The van der Waals surface area contributed by atoms with Gasteiger partial charge in [0.15, 0.2) is 11.5 Å². The summed E-state index contributed by atoms with van der Waals surface area (Å²) in [7, 11) is 0. The number of anilines is 1. The molecule has 3 rings (SSSR count). The number of aromatic nitrogens is 1. The van der Waals surface area contributed by atoms with Gasteiger partial charge in [0.25, 0.3) is 0 Å². The average molecular weight is 316 g/mol. The molecule has 1 atom stereocenters. The Morgan fingerprint density at radius 3 is 2.65 bits per heavy atom. The summed E-state index contributed by atoms with van der Waals surface area (Å²) in [6.45, 7) is 6.24. The number of hydrogen-bond donors (Lipinski definition) is 1. The van der Waals surface area contributed by atoms with E-state index in [9.17, 15) is 5.11 Å². The summed E-state index contributed by atoms with van der Waals surface area (Å²) in [4.78, 5) is 6.76. The van der Waals surface area contributed by atoms with Crippen LogP contribution in [0.3, 0.4) is 0 Å². The first-order valence-electron chi connectivity index (χ1n) is 8.34. The van der Waals surface area contributed by atoms with Gasteiger partial charge in [-0.15, -0.1) is 0 Å². The Hall–Kier alpha value is -2.01. The minimum atomic E-state index is 0.180. The number of fused-ring (bicyclic) bond motifs is 1. The Kier molecular flexibility index (Phi) is 4.86. The van der Waals surface area contributed by atoms with Gasteiger partial charge >= 0.3 is 0 Å². The molecule has 5 heteroatoms. The maximum atomic E-state index is 9.62. The van der Waals surface area contributed by atoms with Gasteiger partial charge in [0.1, 0.15) is 0 Å². The molecule has 1 aliphatic rings. The number of benzene rings is 1. The van der Waals surface area contributed by atoms with Gasteiger partial charge in [-0.25, -0.2) is 0 Å². The lowest BCUT2D eigenvalue weighted by Gasteiger charge is -2.26. The van der Waals surface area contributed by atoms with Gasteiger partial charge in [0.05, 0.1) is 31.4 Å². The number of hydrogen-bond acceptors (Lipinski definition) is 5. The largest absolute Gasteiger partial charge is 0.490 e. The predicted octanol–water partition coefficient (Wildman–Crippen LogP) is 2.99. The molecule has 124 valence electrons. The average Bonchev–Trinajstić information content (AvgIpc) is 3.04. The maximum Gasteiger partial charge on any atom is 0.163 e. The Morgan fingerprint density at radius 1 is 1.22 bits per heavy atom. The highest BCUT2D eigenvalue weighted by Gasteiger charge is 2.25. The van der Waals surface area contributed by atoms with Gasteiger partial charge in [-0.1, -0.05) is 0 Å². The molecule has 1 aromatic heterocycles. The molecule has 1 N–H and O–H groups in total. The standard InChI is InChI=1S/C18H24N2O3/c1-3-22-17-10-14-15(11-18(17)23-4-2)19-8-7-16(14)20-9-5-6-13(20)12-21/h7-8,10-11,13,21H,3-6,9,12H2,1-2H3/t13-/m1/s1. The molecule has 23 heavy (non-hydrogen) atoms. The van der Waals surface area contributed by atoms with Crippen molar-refractivity contribution in [3.05, 3.63) is 24.4 Å². The summed E-state index contributed by atoms with van der Waals surface area (Å²) in [5.41, 5.74) is 1.99. The van der Waals surface area contributed by atoms with Gasteiger partial charge in [-0.2, -0.15) is 0 Å². The zero-order chi connectivity index (χ0) is 16.2. The van der Waals surface area contributed by atoms with Crippen LogP contribution in [-0.4, -0.2) is 42.5 Å². The zero-order valence-corrected chi connectivity index (χ0v) is 13.8. The maximum absolute atomic E-state index is 9.62. The lowest BCUT2D eigenvalue weighted by molar-refractivity contribution is 0.266. The van der Waals surface area contributed by atoms with Crippen molar-refractivity contribution >= 4 is 16.6 Å². The third kappa shape index (κ3) is 3.06. The molecule has 0 unspecified atom stereocenters. The second kappa shape index (κ2) is 7.04. The molecule has 1 saturated heterocycles. The van der Waals surface area contributed by atoms with E-state index in [0.29, 0.717) is 13.2 Å². The highest BCUT2D eigenvalue weighted by molar-refractivity contribution is 5.94. The lowest BCUT2D eigenvalue weighted by atomic mass is 10.1. The van der Waals surface area contributed by atoms with E-state index in [0.717, 1.165) is 47.5 Å². The normalized spacial score (nSPS) is 17.7. The second-order valence-electron chi connectivity index (χ2n) is 5.68. The molecular weight excluding hydrogens is 292 g/mol. The van der Waals surface area contributed by atoms with Crippen molar-refractivity contribution in [2.24, 2.45) is 0 Å². The lowest BCUT2D eigenvalue weighted by Crippen LogP contribution is -2.32. The molecule has 0 bridgehead atoms. The van der Waals surface area contributed by atoms with Crippen molar-refractivity contribution in [1.29, 1.82) is 0 Å². The monoisotopic (exact) mass is 316 g/mol. The SMILES string of the molecule is CCOc1cc2nccc(N3CCC[C@@H]3CO)c2cc1OCC. The second-order valence-corrected chi connectivity index (χ2v) is 5.68. The van der Waals surface area contributed by atoms with E-state index < -0.39 is 0 Å². The number of pyridine rings is 1. The molecule has 0 spiro atoms. The number of ether oxygens (including phenoxy) is 2. The molecular formula is C18H24N2O3. The van der Waals surface area contributed by atoms with Crippen LogP contribution in [-0.2, 0) is 0 Å². The summed E-state index contributed by atoms with van der Waals surface area (Å²) in [5.74, 6) is 1.47. The van der Waals surface area contributed by atoms with Crippen molar-refractivity contribution in [1.82, 2.24) is 4.98 Å². The van der Waals surface area contributed by atoms with E-state index in [1.54, 1.807) is 0 Å². The molecule has 1 aliphatic heterocycles. The van der Waals surface area contributed by atoms with Crippen molar-refractivity contribution in [3.8, 4) is 11.5 Å². The van der Waals surface area contributed by atoms with Crippen LogP contribution >= 0.6 is 0 Å². The first kappa shape index (κ1) is 15.9. The summed E-state index contributed by atoms with van der Waals surface area (Å²) in [5, 5.41) is 10.7. The van der Waals surface area contributed by atoms with E-state index in [1.165, 1.54) is 0 Å². The summed E-state index contributed by atoms with van der Waals surface area (Å²) in [6.07, 6.45) is 3.94. The smallest absolute Gasteiger partial charge is 0.163 e. The van der Waals surface area contributed by atoms with Crippen molar-refractivity contribution in [3.63, 3.8) is 0 Å². The molecule has 1 fully saturated rings. The fourth-order valence-electron chi connectivity index (χ4n) is 3.27. The zero-order valence-electron chi connectivity index (χ0n) is 13.8. The van der Waals surface area contributed by atoms with Crippen LogP contribution in [0, 0.1) is 0 Å². The Morgan fingerprint density at radius 2 is 1.96 bits per heavy atom. The van der Waals surface area contributed by atoms with E-state index >= 15 is 0 Å². The van der Waals surface area contributed by atoms with E-state index in [-0.39, 0.29) is 12.6 Å². The van der Waals surface area contributed by atoms with Crippen molar-refractivity contribution < 1.29 is 14.6 Å². The minimum Gasteiger partial charge on any atom is -0.490 e. The van der Waals surface area contributed by atoms with Crippen molar-refractivity contribution in [2.75, 3.05) is 31.3 Å². The minimum absolute atomic E-state index is 0.180. The number of aliphatic hydroxyl groups is 1. The predicted molar refractivity (Wildman–Crippen MR) is 91.5 cm³/mol. The highest BCUT2D eigenvalue weighted by Crippen LogP contribution is 2.38. The highest BCUT2D eigenvalue weighted by atomic mass is 16.5. The number of aliphatic hydroxyl groups excluding tert-OH is 1. The van der Waals surface area contributed by atoms with Crippen LogP contribution in [0.5, 0.6) is 11.5 Å². The van der Waals surface area contributed by atoms with Gasteiger partial charge in [0, 0.05) is 29.9 Å². The summed E-state index contributed by atoms with van der Waals surface area (Å²) >= 11 is 0. The topological polar surface area (TPSA) is 54.8 Å². The first-order chi connectivity index (χ1) is 11.3. The summed E-state index contributed by atoms with van der Waals surface area (Å²) < 4.78 is 11.4. The molecule has 0 amide bonds. The van der Waals surface area contributed by atoms with Gasteiger partial charge in [-0.3, -0.25) is 4.98 Å². The van der Waals surface area contributed by atoms with Gasteiger partial charge < -0.3 is 19.5 Å². The van der Waals surface area contributed by atoms with Crippen LogP contribution < -0.4 is 14.4 Å². The number of nitrogens with zero attached hydrogens (tertiary/aromatic N) is 2. The van der Waals surface area contributed by atoms with Crippen LogP contribution in [0.15, 0.2) is 24.4 Å². The van der Waals surface area contributed by atoms with Crippen LogP contribution in [0.2, 0.25) is 0 Å². The molecule has 1 aromatic carbocycles. The third-order valence-corrected chi connectivity index (χ3v) is 4.28. The Balaban J connectivity index is 2.10. The molecule has 2 aromatic rings. The van der Waals surface area contributed by atoms with Crippen LogP contribution in [0.4, 0.5) is 5.69 Å².